The molecule has 0 aromatic heterocycles. The van der Waals surface area contributed by atoms with Gasteiger partial charge in [0.2, 0.25) is 15.9 Å². The minimum Gasteiger partial charge on any atom is -0.326 e. The van der Waals surface area contributed by atoms with Crippen LogP contribution in [-0.2, 0) is 14.8 Å². The zero-order valence-electron chi connectivity index (χ0n) is 16.0. The fourth-order valence-electron chi connectivity index (χ4n) is 3.57. The van der Waals surface area contributed by atoms with E-state index in [0.717, 1.165) is 19.3 Å². The number of nitrogens with zero attached hydrogens (tertiary/aromatic N) is 1. The Morgan fingerprint density at radius 1 is 1.08 bits per heavy atom. The maximum atomic E-state index is 12.7. The van der Waals surface area contributed by atoms with Crippen LogP contribution in [0.2, 0.25) is 0 Å². The SMILES string of the molecule is CCCN(CCC)S(=O)(=O)c1ccc(NC(=O)CCC2CCCC2)cc1. The van der Waals surface area contributed by atoms with Crippen LogP contribution >= 0.6 is 0 Å². The Morgan fingerprint density at radius 3 is 2.19 bits per heavy atom. The van der Waals surface area contributed by atoms with E-state index in [4.69, 9.17) is 0 Å². The number of carbonyl (C=O) groups excluding carboxylic acids is 1. The highest BCUT2D eigenvalue weighted by Crippen LogP contribution is 2.28. The molecule has 1 aliphatic carbocycles. The molecule has 1 aromatic carbocycles. The van der Waals surface area contributed by atoms with E-state index in [1.807, 2.05) is 13.8 Å². The minimum atomic E-state index is -3.47. The molecule has 1 aromatic rings. The highest BCUT2D eigenvalue weighted by molar-refractivity contribution is 7.89. The summed E-state index contributed by atoms with van der Waals surface area (Å²) in [5.41, 5.74) is 0.651. The van der Waals surface area contributed by atoms with Crippen molar-refractivity contribution < 1.29 is 13.2 Å². The van der Waals surface area contributed by atoms with Gasteiger partial charge in [-0.05, 0) is 49.4 Å². The summed E-state index contributed by atoms with van der Waals surface area (Å²) < 4.78 is 27.0. The van der Waals surface area contributed by atoms with Crippen molar-refractivity contribution in [3.8, 4) is 0 Å². The first kappa shape index (κ1) is 20.9. The van der Waals surface area contributed by atoms with Gasteiger partial charge in [-0.3, -0.25) is 4.79 Å². The van der Waals surface area contributed by atoms with Gasteiger partial charge in [-0.15, -0.1) is 0 Å². The summed E-state index contributed by atoms with van der Waals surface area (Å²) >= 11 is 0. The van der Waals surface area contributed by atoms with E-state index in [1.54, 1.807) is 24.3 Å². The van der Waals surface area contributed by atoms with Crippen LogP contribution in [-0.4, -0.2) is 31.7 Å². The van der Waals surface area contributed by atoms with Gasteiger partial charge in [-0.25, -0.2) is 8.42 Å². The standard InChI is InChI=1S/C20H32N2O3S/c1-3-15-22(16-4-2)26(24,25)19-12-10-18(11-13-19)21-20(23)14-9-17-7-5-6-8-17/h10-13,17H,3-9,14-16H2,1-2H3,(H,21,23). The summed E-state index contributed by atoms with van der Waals surface area (Å²) in [7, 11) is -3.47. The molecule has 1 amide bonds. The van der Waals surface area contributed by atoms with Gasteiger partial charge in [0.1, 0.15) is 0 Å². The average Bonchev–Trinajstić information content (AvgIpc) is 3.14. The van der Waals surface area contributed by atoms with E-state index < -0.39 is 10.0 Å². The molecule has 0 bridgehead atoms. The number of benzene rings is 1. The fraction of sp³-hybridized carbons (Fsp3) is 0.650. The normalized spacial score (nSPS) is 15.5. The van der Waals surface area contributed by atoms with Gasteiger partial charge in [0.15, 0.2) is 0 Å². The molecule has 0 atom stereocenters. The lowest BCUT2D eigenvalue weighted by molar-refractivity contribution is -0.116. The Kier molecular flexibility index (Phi) is 8.10. The monoisotopic (exact) mass is 380 g/mol. The molecule has 0 spiro atoms. The predicted octanol–water partition coefficient (Wildman–Crippen LogP) is 4.41. The molecule has 0 radical (unpaired) electrons. The Hall–Kier alpha value is -1.40. The lowest BCUT2D eigenvalue weighted by atomic mass is 10.0. The smallest absolute Gasteiger partial charge is 0.243 e. The molecule has 2 rings (SSSR count). The third-order valence-electron chi connectivity index (χ3n) is 4.98. The van der Waals surface area contributed by atoms with Crippen molar-refractivity contribution in [1.82, 2.24) is 4.31 Å². The predicted molar refractivity (Wildman–Crippen MR) is 106 cm³/mol. The molecule has 0 aliphatic heterocycles. The maximum Gasteiger partial charge on any atom is 0.243 e. The number of carbonyl (C=O) groups is 1. The van der Waals surface area contributed by atoms with Crippen molar-refractivity contribution in [2.45, 2.75) is 70.1 Å². The van der Waals surface area contributed by atoms with Crippen LogP contribution in [0.15, 0.2) is 29.2 Å². The van der Waals surface area contributed by atoms with Crippen molar-refractivity contribution in [2.24, 2.45) is 5.92 Å². The molecule has 6 heteroatoms. The van der Waals surface area contributed by atoms with Crippen molar-refractivity contribution in [2.75, 3.05) is 18.4 Å². The van der Waals surface area contributed by atoms with Crippen LogP contribution in [0, 0.1) is 5.92 Å². The number of anilines is 1. The van der Waals surface area contributed by atoms with Crippen LogP contribution in [0.5, 0.6) is 0 Å². The van der Waals surface area contributed by atoms with Crippen LogP contribution in [0.4, 0.5) is 5.69 Å². The second-order valence-corrected chi connectivity index (χ2v) is 9.10. The van der Waals surface area contributed by atoms with E-state index >= 15 is 0 Å². The second-order valence-electron chi connectivity index (χ2n) is 7.17. The molecule has 0 saturated heterocycles. The lowest BCUT2D eigenvalue weighted by Crippen LogP contribution is -2.32. The van der Waals surface area contributed by atoms with Gasteiger partial charge < -0.3 is 5.32 Å². The highest BCUT2D eigenvalue weighted by atomic mass is 32.2. The third-order valence-corrected chi connectivity index (χ3v) is 6.89. The second kappa shape index (κ2) is 10.1. The number of hydrogen-bond donors (Lipinski definition) is 1. The van der Waals surface area contributed by atoms with E-state index in [-0.39, 0.29) is 10.8 Å². The third kappa shape index (κ3) is 5.81. The summed E-state index contributed by atoms with van der Waals surface area (Å²) in [6, 6.07) is 6.52. The van der Waals surface area contributed by atoms with Crippen molar-refractivity contribution in [3.05, 3.63) is 24.3 Å². The molecule has 1 N–H and O–H groups in total. The van der Waals surface area contributed by atoms with Gasteiger partial charge in [-0.2, -0.15) is 4.31 Å². The number of amides is 1. The number of hydrogen-bond acceptors (Lipinski definition) is 3. The summed E-state index contributed by atoms with van der Waals surface area (Å²) in [5, 5.41) is 2.88. The molecule has 26 heavy (non-hydrogen) atoms. The Morgan fingerprint density at radius 2 is 1.65 bits per heavy atom. The van der Waals surface area contributed by atoms with Gasteiger partial charge in [0, 0.05) is 25.2 Å². The zero-order chi connectivity index (χ0) is 19.0. The Balaban J connectivity index is 1.94. The Labute approximate surface area is 158 Å². The molecular formula is C20H32N2O3S. The van der Waals surface area contributed by atoms with Crippen molar-refractivity contribution >= 4 is 21.6 Å². The summed E-state index contributed by atoms with van der Waals surface area (Å²) in [5.74, 6) is 0.697. The van der Waals surface area contributed by atoms with Crippen LogP contribution in [0.25, 0.3) is 0 Å². The molecule has 146 valence electrons. The van der Waals surface area contributed by atoms with Gasteiger partial charge >= 0.3 is 0 Å². The van der Waals surface area contributed by atoms with E-state index in [2.05, 4.69) is 5.32 Å². The van der Waals surface area contributed by atoms with E-state index in [1.165, 1.54) is 30.0 Å². The van der Waals surface area contributed by atoms with Crippen LogP contribution in [0.1, 0.15) is 65.2 Å². The molecule has 0 heterocycles. The van der Waals surface area contributed by atoms with Gasteiger partial charge in [0.05, 0.1) is 4.90 Å². The number of nitrogens with one attached hydrogen (secondary N) is 1. The molecular weight excluding hydrogens is 348 g/mol. The van der Waals surface area contributed by atoms with Crippen molar-refractivity contribution in [1.29, 1.82) is 0 Å². The minimum absolute atomic E-state index is 0.00565. The molecule has 1 fully saturated rings. The maximum absolute atomic E-state index is 12.7. The van der Waals surface area contributed by atoms with Gasteiger partial charge in [-0.1, -0.05) is 39.5 Å². The quantitative estimate of drug-likeness (QED) is 0.654. The Bertz CT molecular complexity index is 659. The molecule has 0 unspecified atom stereocenters. The largest absolute Gasteiger partial charge is 0.326 e. The summed E-state index contributed by atoms with van der Waals surface area (Å²) in [4.78, 5) is 12.4. The summed E-state index contributed by atoms with van der Waals surface area (Å²) in [6.07, 6.45) is 8.11. The topological polar surface area (TPSA) is 66.5 Å². The van der Waals surface area contributed by atoms with E-state index in [0.29, 0.717) is 31.1 Å². The molecule has 1 aliphatic rings. The van der Waals surface area contributed by atoms with Crippen LogP contribution in [0.3, 0.4) is 0 Å². The first-order valence-corrected chi connectivity index (χ1v) is 11.3. The molecule has 1 saturated carbocycles. The average molecular weight is 381 g/mol. The number of rotatable bonds is 10. The van der Waals surface area contributed by atoms with Gasteiger partial charge in [0.25, 0.3) is 0 Å². The highest BCUT2D eigenvalue weighted by Gasteiger charge is 2.23. The fourth-order valence-corrected chi connectivity index (χ4v) is 5.19. The van der Waals surface area contributed by atoms with E-state index in [9.17, 15) is 13.2 Å². The van der Waals surface area contributed by atoms with Crippen LogP contribution < -0.4 is 5.32 Å². The molecule has 5 nitrogen and oxygen atoms in total. The lowest BCUT2D eigenvalue weighted by Gasteiger charge is -2.21. The van der Waals surface area contributed by atoms with Crippen molar-refractivity contribution in [3.63, 3.8) is 0 Å². The summed E-state index contributed by atoms with van der Waals surface area (Å²) in [6.45, 7) is 5.00. The first-order valence-electron chi connectivity index (χ1n) is 9.87. The first-order chi connectivity index (χ1) is 12.5. The number of sulfonamides is 1. The zero-order valence-corrected chi connectivity index (χ0v) is 16.9.